The van der Waals surface area contributed by atoms with E-state index in [-0.39, 0.29) is 11.9 Å². The molecule has 0 bridgehead atoms. The largest absolute Gasteiger partial charge is 0.465 e. The summed E-state index contributed by atoms with van der Waals surface area (Å²) in [6, 6.07) is 17.0. The van der Waals surface area contributed by atoms with Crippen LogP contribution in [0.2, 0.25) is 0 Å². The second-order valence-electron chi connectivity index (χ2n) is 6.08. The van der Waals surface area contributed by atoms with Gasteiger partial charge in [0, 0.05) is 24.7 Å². The molecule has 0 aliphatic heterocycles. The third-order valence-corrected chi connectivity index (χ3v) is 5.08. The molecule has 1 heterocycles. The molecule has 1 aromatic heterocycles. The lowest BCUT2D eigenvalue weighted by Crippen LogP contribution is -2.24. The molecule has 144 valence electrons. The van der Waals surface area contributed by atoms with Crippen molar-refractivity contribution in [1.82, 2.24) is 15.1 Å². The van der Waals surface area contributed by atoms with E-state index >= 15 is 0 Å². The van der Waals surface area contributed by atoms with Crippen LogP contribution in [0.3, 0.4) is 0 Å². The molecule has 0 unspecified atom stereocenters. The molecule has 2 aromatic carbocycles. The minimum atomic E-state index is -0.371. The van der Waals surface area contributed by atoms with Crippen molar-refractivity contribution in [2.75, 3.05) is 12.9 Å². The molecule has 0 atom stereocenters. The number of hydrogen-bond donors (Lipinski definition) is 1. The van der Waals surface area contributed by atoms with Crippen LogP contribution in [0.15, 0.2) is 67.0 Å². The van der Waals surface area contributed by atoms with Crippen molar-refractivity contribution in [1.29, 1.82) is 0 Å². The third-order valence-electron chi connectivity index (χ3n) is 4.07. The topological polar surface area (TPSA) is 73.2 Å². The van der Waals surface area contributed by atoms with E-state index in [0.29, 0.717) is 17.9 Å². The van der Waals surface area contributed by atoms with Gasteiger partial charge in [0.2, 0.25) is 5.91 Å². The van der Waals surface area contributed by atoms with E-state index in [9.17, 15) is 9.59 Å². The van der Waals surface area contributed by atoms with Crippen molar-refractivity contribution in [3.05, 3.63) is 83.7 Å². The van der Waals surface area contributed by atoms with Crippen LogP contribution in [-0.2, 0) is 21.8 Å². The minimum absolute atomic E-state index is 0.0183. The summed E-state index contributed by atoms with van der Waals surface area (Å²) in [4.78, 5) is 23.4. The smallest absolute Gasteiger partial charge is 0.337 e. The van der Waals surface area contributed by atoms with Gasteiger partial charge in [0.15, 0.2) is 0 Å². The molecule has 1 N–H and O–H groups in total. The minimum Gasteiger partial charge on any atom is -0.465 e. The number of amides is 1. The molecule has 0 saturated heterocycles. The Bertz CT molecular complexity index is 907. The Morgan fingerprint density at radius 3 is 2.43 bits per heavy atom. The van der Waals surface area contributed by atoms with Crippen molar-refractivity contribution in [3.8, 4) is 5.69 Å². The van der Waals surface area contributed by atoms with Gasteiger partial charge in [0.1, 0.15) is 0 Å². The second-order valence-corrected chi connectivity index (χ2v) is 7.06. The van der Waals surface area contributed by atoms with Gasteiger partial charge in [-0.25, -0.2) is 9.48 Å². The van der Waals surface area contributed by atoms with Crippen molar-refractivity contribution < 1.29 is 14.3 Å². The zero-order chi connectivity index (χ0) is 19.8. The molecule has 0 aliphatic carbocycles. The molecule has 7 heteroatoms. The van der Waals surface area contributed by atoms with Gasteiger partial charge in [0.25, 0.3) is 0 Å². The first kappa shape index (κ1) is 19.7. The Hall–Kier alpha value is -3.06. The molecule has 0 saturated carbocycles. The molecule has 3 aromatic rings. The zero-order valence-electron chi connectivity index (χ0n) is 15.5. The van der Waals surface area contributed by atoms with Crippen LogP contribution in [0.4, 0.5) is 0 Å². The van der Waals surface area contributed by atoms with Gasteiger partial charge in [-0.3, -0.25) is 4.79 Å². The van der Waals surface area contributed by atoms with E-state index in [0.717, 1.165) is 22.6 Å². The van der Waals surface area contributed by atoms with E-state index in [1.807, 2.05) is 41.2 Å². The molecule has 0 aliphatic rings. The van der Waals surface area contributed by atoms with Gasteiger partial charge in [-0.1, -0.05) is 24.3 Å². The lowest BCUT2D eigenvalue weighted by atomic mass is 10.1. The van der Waals surface area contributed by atoms with Crippen LogP contribution in [0.25, 0.3) is 5.69 Å². The Kier molecular flexibility index (Phi) is 6.86. The molecule has 0 fully saturated rings. The average Bonchev–Trinajstić information content (AvgIpc) is 3.27. The zero-order valence-corrected chi connectivity index (χ0v) is 16.3. The van der Waals surface area contributed by atoms with Gasteiger partial charge < -0.3 is 10.1 Å². The average molecular weight is 395 g/mol. The van der Waals surface area contributed by atoms with Gasteiger partial charge in [-0.15, -0.1) is 11.8 Å². The van der Waals surface area contributed by atoms with Crippen molar-refractivity contribution >= 4 is 23.6 Å². The molecule has 1 amide bonds. The van der Waals surface area contributed by atoms with Crippen LogP contribution in [0, 0.1) is 0 Å². The number of methoxy groups -OCH3 is 1. The maximum Gasteiger partial charge on any atom is 0.337 e. The number of nitrogens with one attached hydrogen (secondary N) is 1. The maximum absolute atomic E-state index is 12.0. The number of carbonyl (C=O) groups excluding carboxylic acids is 2. The second kappa shape index (κ2) is 9.75. The van der Waals surface area contributed by atoms with Crippen LogP contribution < -0.4 is 5.32 Å². The summed E-state index contributed by atoms with van der Waals surface area (Å²) >= 11 is 1.57. The lowest BCUT2D eigenvalue weighted by Gasteiger charge is -2.07. The molecule has 3 rings (SSSR count). The first-order valence-electron chi connectivity index (χ1n) is 8.76. The molecular weight excluding hydrogens is 374 g/mol. The standard InChI is InChI=1S/C21H21N3O3S/c1-27-21(26)18-7-3-16(4-8-18)13-22-20(25)15-28-14-17-5-9-19(10-6-17)24-12-2-11-23-24/h2-12H,13-15H2,1H3,(H,22,25). The summed E-state index contributed by atoms with van der Waals surface area (Å²) in [5, 5.41) is 7.09. The Morgan fingerprint density at radius 2 is 1.79 bits per heavy atom. The van der Waals surface area contributed by atoms with E-state index in [1.54, 1.807) is 42.2 Å². The van der Waals surface area contributed by atoms with Crippen molar-refractivity contribution in [3.63, 3.8) is 0 Å². The summed E-state index contributed by atoms with van der Waals surface area (Å²) in [5.41, 5.74) is 3.59. The highest BCUT2D eigenvalue weighted by Crippen LogP contribution is 2.15. The summed E-state index contributed by atoms with van der Waals surface area (Å²) in [6.45, 7) is 0.430. The number of ether oxygens (including phenoxy) is 1. The fourth-order valence-corrected chi connectivity index (χ4v) is 3.37. The Labute approximate surface area is 167 Å². The van der Waals surface area contributed by atoms with Crippen LogP contribution in [0.5, 0.6) is 0 Å². The first-order chi connectivity index (χ1) is 13.7. The highest BCUT2D eigenvalue weighted by Gasteiger charge is 2.06. The van der Waals surface area contributed by atoms with Crippen LogP contribution in [0.1, 0.15) is 21.5 Å². The van der Waals surface area contributed by atoms with Gasteiger partial charge in [-0.05, 0) is 41.5 Å². The quantitative estimate of drug-likeness (QED) is 0.593. The highest BCUT2D eigenvalue weighted by molar-refractivity contribution is 7.99. The molecule has 6 nitrogen and oxygen atoms in total. The van der Waals surface area contributed by atoms with Crippen LogP contribution >= 0.6 is 11.8 Å². The summed E-state index contributed by atoms with van der Waals surface area (Å²) < 4.78 is 6.47. The predicted octanol–water partition coefficient (Wildman–Crippen LogP) is 3.21. The third kappa shape index (κ3) is 5.47. The summed E-state index contributed by atoms with van der Waals surface area (Å²) in [7, 11) is 1.35. The number of benzene rings is 2. The molecular formula is C21H21N3O3S. The first-order valence-corrected chi connectivity index (χ1v) is 9.92. The van der Waals surface area contributed by atoms with E-state index in [2.05, 4.69) is 15.2 Å². The van der Waals surface area contributed by atoms with Crippen molar-refractivity contribution in [2.45, 2.75) is 12.3 Å². The fourth-order valence-electron chi connectivity index (χ4n) is 2.56. The number of esters is 1. The van der Waals surface area contributed by atoms with Gasteiger partial charge in [-0.2, -0.15) is 5.10 Å². The fraction of sp³-hybridized carbons (Fsp3) is 0.190. The molecule has 28 heavy (non-hydrogen) atoms. The summed E-state index contributed by atoms with van der Waals surface area (Å²) in [5.74, 6) is 0.766. The van der Waals surface area contributed by atoms with E-state index < -0.39 is 0 Å². The maximum atomic E-state index is 12.0. The van der Waals surface area contributed by atoms with Crippen molar-refractivity contribution in [2.24, 2.45) is 0 Å². The summed E-state index contributed by atoms with van der Waals surface area (Å²) in [6.07, 6.45) is 3.65. The number of thioether (sulfide) groups is 1. The number of nitrogens with zero attached hydrogens (tertiary/aromatic N) is 2. The molecule has 0 spiro atoms. The van der Waals surface area contributed by atoms with E-state index in [4.69, 9.17) is 0 Å². The molecule has 0 radical (unpaired) electrons. The monoisotopic (exact) mass is 395 g/mol. The SMILES string of the molecule is COC(=O)c1ccc(CNC(=O)CSCc2ccc(-n3cccn3)cc2)cc1. The normalized spacial score (nSPS) is 10.5. The van der Waals surface area contributed by atoms with Crippen LogP contribution in [-0.4, -0.2) is 34.5 Å². The van der Waals surface area contributed by atoms with E-state index in [1.165, 1.54) is 7.11 Å². The number of hydrogen-bond acceptors (Lipinski definition) is 5. The van der Waals surface area contributed by atoms with Gasteiger partial charge in [0.05, 0.1) is 24.1 Å². The van der Waals surface area contributed by atoms with Gasteiger partial charge >= 0.3 is 5.97 Å². The lowest BCUT2D eigenvalue weighted by molar-refractivity contribution is -0.118. The predicted molar refractivity (Wildman–Crippen MR) is 109 cm³/mol. The Balaban J connectivity index is 1.39. The highest BCUT2D eigenvalue weighted by atomic mass is 32.2. The Morgan fingerprint density at radius 1 is 1.07 bits per heavy atom. The number of rotatable bonds is 8. The number of aromatic nitrogens is 2. The number of carbonyl (C=O) groups is 2.